The zero-order chi connectivity index (χ0) is 13.5. The highest BCUT2D eigenvalue weighted by atomic mass is 16.6. The zero-order valence-corrected chi connectivity index (χ0v) is 10.4. The lowest BCUT2D eigenvalue weighted by Crippen LogP contribution is -2.10. The number of nitrogens with zero attached hydrogens (tertiary/aromatic N) is 3. The Labute approximate surface area is 104 Å². The quantitative estimate of drug-likeness (QED) is 0.339. The molecule has 0 unspecified atom stereocenters. The van der Waals surface area contributed by atoms with Gasteiger partial charge in [0.15, 0.2) is 0 Å². The van der Waals surface area contributed by atoms with E-state index < -0.39 is 4.92 Å². The number of ether oxygens (including phenoxy) is 1. The van der Waals surface area contributed by atoms with E-state index in [-0.39, 0.29) is 18.2 Å². The van der Waals surface area contributed by atoms with Crippen LogP contribution >= 0.6 is 0 Å². The van der Waals surface area contributed by atoms with Gasteiger partial charge in [-0.05, 0) is 23.3 Å². The molecule has 1 rings (SSSR count). The van der Waals surface area contributed by atoms with Crippen LogP contribution < -0.4 is 5.32 Å². The standard InChI is InChI=1S/C10H16N4O4/c1-3-18-8(15)5-4-6-11-9-10(14(16)17)12-7-13(9)2/h7,11H,3-6H2,1-2H3. The molecular formula is C10H16N4O4. The molecule has 0 amide bonds. The minimum Gasteiger partial charge on any atom is -0.466 e. The first-order valence-electron chi connectivity index (χ1n) is 5.61. The van der Waals surface area contributed by atoms with Crippen LogP contribution in [0.5, 0.6) is 0 Å². The molecule has 8 heteroatoms. The molecule has 1 aromatic rings. The maximum absolute atomic E-state index is 11.1. The molecule has 0 aliphatic rings. The maximum Gasteiger partial charge on any atom is 0.406 e. The summed E-state index contributed by atoms with van der Waals surface area (Å²) in [5, 5.41) is 13.6. The number of aryl methyl sites for hydroxylation is 1. The first-order valence-corrected chi connectivity index (χ1v) is 5.61. The van der Waals surface area contributed by atoms with Crippen LogP contribution in [0.4, 0.5) is 11.6 Å². The van der Waals surface area contributed by atoms with Crippen molar-refractivity contribution >= 4 is 17.6 Å². The summed E-state index contributed by atoms with van der Waals surface area (Å²) in [6.45, 7) is 2.55. The van der Waals surface area contributed by atoms with Crippen molar-refractivity contribution in [3.8, 4) is 0 Å². The van der Waals surface area contributed by atoms with Gasteiger partial charge < -0.3 is 20.2 Å². The average Bonchev–Trinajstić information content (AvgIpc) is 2.67. The minimum atomic E-state index is -0.548. The highest BCUT2D eigenvalue weighted by Crippen LogP contribution is 2.20. The summed E-state index contributed by atoms with van der Waals surface area (Å²) in [6.07, 6.45) is 2.19. The smallest absolute Gasteiger partial charge is 0.406 e. The molecule has 1 heterocycles. The normalized spacial score (nSPS) is 10.1. The van der Waals surface area contributed by atoms with Crippen LogP contribution in [0, 0.1) is 10.1 Å². The Morgan fingerprint density at radius 2 is 2.39 bits per heavy atom. The van der Waals surface area contributed by atoms with E-state index in [0.717, 1.165) is 0 Å². The van der Waals surface area contributed by atoms with E-state index in [4.69, 9.17) is 4.74 Å². The van der Waals surface area contributed by atoms with Crippen LogP contribution in [-0.4, -0.2) is 33.6 Å². The predicted molar refractivity (Wildman–Crippen MR) is 64.2 cm³/mol. The zero-order valence-electron chi connectivity index (χ0n) is 10.4. The lowest BCUT2D eigenvalue weighted by molar-refractivity contribution is -0.388. The van der Waals surface area contributed by atoms with E-state index in [0.29, 0.717) is 25.4 Å². The molecule has 0 fully saturated rings. The molecule has 0 aliphatic carbocycles. The van der Waals surface area contributed by atoms with Crippen molar-refractivity contribution in [3.63, 3.8) is 0 Å². The molecule has 0 atom stereocenters. The van der Waals surface area contributed by atoms with Crippen LogP contribution in [0.25, 0.3) is 0 Å². The number of carbonyl (C=O) groups is 1. The lowest BCUT2D eigenvalue weighted by Gasteiger charge is -2.05. The number of aromatic nitrogens is 2. The van der Waals surface area contributed by atoms with Crippen LogP contribution in [0.15, 0.2) is 6.33 Å². The number of esters is 1. The minimum absolute atomic E-state index is 0.214. The van der Waals surface area contributed by atoms with Crippen LogP contribution in [-0.2, 0) is 16.6 Å². The van der Waals surface area contributed by atoms with Gasteiger partial charge in [-0.3, -0.25) is 9.36 Å². The second-order valence-corrected chi connectivity index (χ2v) is 3.62. The Morgan fingerprint density at radius 1 is 1.67 bits per heavy atom. The first kappa shape index (κ1) is 13.9. The van der Waals surface area contributed by atoms with E-state index in [1.807, 2.05) is 0 Å². The summed E-state index contributed by atoms with van der Waals surface area (Å²) in [5.41, 5.74) is 0. The Hall–Kier alpha value is -2.12. The molecule has 0 saturated carbocycles. The summed E-state index contributed by atoms with van der Waals surface area (Å²) in [7, 11) is 1.66. The number of carbonyl (C=O) groups excluding carboxylic acids is 1. The van der Waals surface area contributed by atoms with Gasteiger partial charge in [-0.25, -0.2) is 0 Å². The summed E-state index contributed by atoms with van der Waals surface area (Å²) in [5.74, 6) is -0.142. The fourth-order valence-electron chi connectivity index (χ4n) is 1.43. The first-order chi connectivity index (χ1) is 8.56. The van der Waals surface area contributed by atoms with Crippen molar-refractivity contribution in [2.75, 3.05) is 18.5 Å². The number of nitrogens with one attached hydrogen (secondary N) is 1. The molecule has 0 aromatic carbocycles. The fourth-order valence-corrected chi connectivity index (χ4v) is 1.43. The summed E-state index contributed by atoms with van der Waals surface area (Å²) in [6, 6.07) is 0. The van der Waals surface area contributed by atoms with Crippen molar-refractivity contribution in [1.82, 2.24) is 9.55 Å². The number of rotatable bonds is 7. The molecule has 0 saturated heterocycles. The second kappa shape index (κ2) is 6.58. The fraction of sp³-hybridized carbons (Fsp3) is 0.600. The van der Waals surface area contributed by atoms with Gasteiger partial charge >= 0.3 is 11.8 Å². The molecule has 0 spiro atoms. The molecule has 8 nitrogen and oxygen atoms in total. The number of hydrogen-bond acceptors (Lipinski definition) is 6. The maximum atomic E-state index is 11.1. The Balaban J connectivity index is 2.42. The summed E-state index contributed by atoms with van der Waals surface area (Å²) < 4.78 is 6.30. The van der Waals surface area contributed by atoms with Crippen molar-refractivity contribution in [1.29, 1.82) is 0 Å². The molecule has 1 N–H and O–H groups in total. The molecule has 0 radical (unpaired) electrons. The van der Waals surface area contributed by atoms with E-state index in [9.17, 15) is 14.9 Å². The van der Waals surface area contributed by atoms with Crippen molar-refractivity contribution in [2.24, 2.45) is 7.05 Å². The van der Waals surface area contributed by atoms with Gasteiger partial charge in [0.2, 0.25) is 12.1 Å². The molecular weight excluding hydrogens is 240 g/mol. The monoisotopic (exact) mass is 256 g/mol. The van der Waals surface area contributed by atoms with Gasteiger partial charge in [-0.2, -0.15) is 0 Å². The molecule has 1 aromatic heterocycles. The topological polar surface area (TPSA) is 99.3 Å². The Bertz CT molecular complexity index is 430. The molecule has 18 heavy (non-hydrogen) atoms. The average molecular weight is 256 g/mol. The molecule has 0 aliphatic heterocycles. The largest absolute Gasteiger partial charge is 0.466 e. The highest BCUT2D eigenvalue weighted by molar-refractivity contribution is 5.69. The Kier molecular flexibility index (Phi) is 5.09. The number of anilines is 1. The summed E-state index contributed by atoms with van der Waals surface area (Å²) in [4.78, 5) is 24.9. The number of hydrogen-bond donors (Lipinski definition) is 1. The van der Waals surface area contributed by atoms with Gasteiger partial charge in [0.25, 0.3) is 0 Å². The van der Waals surface area contributed by atoms with Crippen LogP contribution in [0.3, 0.4) is 0 Å². The SMILES string of the molecule is CCOC(=O)CCCNc1c([N+](=O)[O-])ncn1C. The number of imidazole rings is 1. The molecule has 100 valence electrons. The van der Waals surface area contributed by atoms with Gasteiger partial charge in [0, 0.05) is 20.0 Å². The summed E-state index contributed by atoms with van der Waals surface area (Å²) >= 11 is 0. The molecule has 0 bridgehead atoms. The second-order valence-electron chi connectivity index (χ2n) is 3.62. The van der Waals surface area contributed by atoms with Crippen molar-refractivity contribution in [2.45, 2.75) is 19.8 Å². The van der Waals surface area contributed by atoms with Crippen LogP contribution in [0.1, 0.15) is 19.8 Å². The van der Waals surface area contributed by atoms with Gasteiger partial charge in [0.05, 0.1) is 6.61 Å². The third-order valence-corrected chi connectivity index (χ3v) is 2.25. The van der Waals surface area contributed by atoms with E-state index in [2.05, 4.69) is 10.3 Å². The van der Waals surface area contributed by atoms with Gasteiger partial charge in [-0.15, -0.1) is 0 Å². The van der Waals surface area contributed by atoms with E-state index >= 15 is 0 Å². The third-order valence-electron chi connectivity index (χ3n) is 2.25. The van der Waals surface area contributed by atoms with Crippen LogP contribution in [0.2, 0.25) is 0 Å². The highest BCUT2D eigenvalue weighted by Gasteiger charge is 2.19. The van der Waals surface area contributed by atoms with E-state index in [1.54, 1.807) is 14.0 Å². The van der Waals surface area contributed by atoms with E-state index in [1.165, 1.54) is 10.9 Å². The van der Waals surface area contributed by atoms with Crippen molar-refractivity contribution < 1.29 is 14.5 Å². The van der Waals surface area contributed by atoms with Gasteiger partial charge in [-0.1, -0.05) is 0 Å². The third kappa shape index (κ3) is 3.72. The number of nitro groups is 1. The lowest BCUT2D eigenvalue weighted by atomic mass is 10.3. The predicted octanol–water partition coefficient (Wildman–Crippen LogP) is 1.08. The Morgan fingerprint density at radius 3 is 3.00 bits per heavy atom. The van der Waals surface area contributed by atoms with Gasteiger partial charge in [0.1, 0.15) is 0 Å². The van der Waals surface area contributed by atoms with Crippen molar-refractivity contribution in [3.05, 3.63) is 16.4 Å².